The lowest BCUT2D eigenvalue weighted by Gasteiger charge is -2.12. The Morgan fingerprint density at radius 1 is 1.56 bits per heavy atom. The molecular formula is C12H14FNO2. The molecule has 2 N–H and O–H groups in total. The normalized spacial score (nSPS) is 16.9. The van der Waals surface area contributed by atoms with Crippen molar-refractivity contribution in [1.82, 2.24) is 0 Å². The van der Waals surface area contributed by atoms with Gasteiger partial charge in [0.2, 0.25) is 0 Å². The van der Waals surface area contributed by atoms with E-state index in [1.54, 1.807) is 0 Å². The van der Waals surface area contributed by atoms with Crippen LogP contribution in [0.15, 0.2) is 18.2 Å². The Morgan fingerprint density at radius 3 is 2.75 bits per heavy atom. The molecule has 0 aromatic heterocycles. The minimum Gasteiger partial charge on any atom is -0.478 e. The lowest BCUT2D eigenvalue weighted by Crippen LogP contribution is -2.13. The van der Waals surface area contributed by atoms with Crippen LogP contribution in [0.25, 0.3) is 0 Å². The quantitative estimate of drug-likeness (QED) is 0.825. The molecule has 0 aliphatic heterocycles. The molecule has 0 saturated heterocycles. The first-order chi connectivity index (χ1) is 7.50. The highest BCUT2D eigenvalue weighted by Gasteiger charge is 2.36. The summed E-state index contributed by atoms with van der Waals surface area (Å²) in [7, 11) is 0. The first-order valence-electron chi connectivity index (χ1n) is 5.27. The maximum absolute atomic E-state index is 13.5. The third-order valence-electron chi connectivity index (χ3n) is 3.03. The highest BCUT2D eigenvalue weighted by atomic mass is 19.1. The van der Waals surface area contributed by atoms with Crippen LogP contribution < -0.4 is 5.32 Å². The summed E-state index contributed by atoms with van der Waals surface area (Å²) in [5, 5.41) is 11.7. The van der Waals surface area contributed by atoms with Gasteiger partial charge in [-0.2, -0.15) is 0 Å². The van der Waals surface area contributed by atoms with E-state index in [1.807, 2.05) is 0 Å². The van der Waals surface area contributed by atoms with Crippen LogP contribution in [0.1, 0.15) is 30.1 Å². The summed E-state index contributed by atoms with van der Waals surface area (Å²) in [4.78, 5) is 10.6. The van der Waals surface area contributed by atoms with Crippen molar-refractivity contribution in [2.24, 2.45) is 5.41 Å². The number of nitrogens with one attached hydrogen (secondary N) is 1. The molecule has 0 unspecified atom stereocenters. The molecule has 1 aliphatic carbocycles. The van der Waals surface area contributed by atoms with Gasteiger partial charge in [-0.05, 0) is 36.5 Å². The van der Waals surface area contributed by atoms with Gasteiger partial charge in [0.1, 0.15) is 5.82 Å². The lowest BCUT2D eigenvalue weighted by molar-refractivity contribution is 0.0696. The molecule has 0 radical (unpaired) electrons. The summed E-state index contributed by atoms with van der Waals surface area (Å²) in [5.41, 5.74) is 0.636. The molecule has 0 spiro atoms. The second-order valence-electron chi connectivity index (χ2n) is 4.66. The van der Waals surface area contributed by atoms with Crippen LogP contribution in [-0.2, 0) is 0 Å². The highest BCUT2D eigenvalue weighted by Crippen LogP contribution is 2.44. The molecule has 86 valence electrons. The van der Waals surface area contributed by atoms with Crippen LogP contribution in [0.5, 0.6) is 0 Å². The second kappa shape index (κ2) is 3.77. The molecule has 4 heteroatoms. The van der Waals surface area contributed by atoms with E-state index in [0.717, 1.165) is 25.5 Å². The number of benzene rings is 1. The van der Waals surface area contributed by atoms with Gasteiger partial charge in [-0.25, -0.2) is 9.18 Å². The molecule has 16 heavy (non-hydrogen) atoms. The van der Waals surface area contributed by atoms with E-state index in [4.69, 9.17) is 5.11 Å². The first-order valence-corrected chi connectivity index (χ1v) is 5.27. The molecule has 0 heterocycles. The van der Waals surface area contributed by atoms with Crippen molar-refractivity contribution < 1.29 is 14.3 Å². The smallest absolute Gasteiger partial charge is 0.335 e. The van der Waals surface area contributed by atoms with Crippen molar-refractivity contribution in [1.29, 1.82) is 0 Å². The van der Waals surface area contributed by atoms with Crippen LogP contribution in [0, 0.1) is 11.2 Å². The molecular weight excluding hydrogens is 209 g/mol. The SMILES string of the molecule is CC1(CNc2ccc(C(=O)O)cc2F)CC1. The van der Waals surface area contributed by atoms with E-state index in [1.165, 1.54) is 12.1 Å². The number of anilines is 1. The standard InChI is InChI=1S/C12H14FNO2/c1-12(4-5-12)7-14-10-3-2-8(11(15)16)6-9(10)13/h2-3,6,14H,4-5,7H2,1H3,(H,15,16). The van der Waals surface area contributed by atoms with Crippen molar-refractivity contribution in [3.63, 3.8) is 0 Å². The van der Waals surface area contributed by atoms with Crippen LogP contribution in [-0.4, -0.2) is 17.6 Å². The van der Waals surface area contributed by atoms with E-state index >= 15 is 0 Å². The summed E-state index contributed by atoms with van der Waals surface area (Å²) in [6.45, 7) is 2.87. The van der Waals surface area contributed by atoms with Crippen LogP contribution >= 0.6 is 0 Å². The topological polar surface area (TPSA) is 49.3 Å². The molecule has 1 fully saturated rings. The summed E-state index contributed by atoms with van der Waals surface area (Å²) in [6.07, 6.45) is 2.32. The van der Waals surface area contributed by atoms with E-state index in [9.17, 15) is 9.18 Å². The predicted octanol–water partition coefficient (Wildman–Crippen LogP) is 2.74. The molecule has 2 rings (SSSR count). The fourth-order valence-corrected chi connectivity index (χ4v) is 1.49. The summed E-state index contributed by atoms with van der Waals surface area (Å²) in [6, 6.07) is 3.92. The zero-order chi connectivity index (χ0) is 11.8. The largest absolute Gasteiger partial charge is 0.478 e. The number of halogens is 1. The first kappa shape index (κ1) is 10.9. The number of carbonyl (C=O) groups is 1. The number of hydrogen-bond donors (Lipinski definition) is 2. The Bertz CT molecular complexity index is 427. The predicted molar refractivity (Wildman–Crippen MR) is 59.2 cm³/mol. The van der Waals surface area contributed by atoms with E-state index in [2.05, 4.69) is 12.2 Å². The van der Waals surface area contributed by atoms with Gasteiger partial charge in [-0.1, -0.05) is 6.92 Å². The summed E-state index contributed by atoms with van der Waals surface area (Å²) in [5.74, 6) is -1.62. The van der Waals surface area contributed by atoms with Crippen LogP contribution in [0.3, 0.4) is 0 Å². The number of aromatic carboxylic acids is 1. The number of carboxylic acid groups (broad SMARTS) is 1. The van der Waals surface area contributed by atoms with E-state index in [0.29, 0.717) is 5.69 Å². The third kappa shape index (κ3) is 2.32. The third-order valence-corrected chi connectivity index (χ3v) is 3.03. The zero-order valence-electron chi connectivity index (χ0n) is 9.09. The minimum atomic E-state index is -1.11. The maximum Gasteiger partial charge on any atom is 0.335 e. The van der Waals surface area contributed by atoms with Crippen molar-refractivity contribution >= 4 is 11.7 Å². The van der Waals surface area contributed by atoms with Gasteiger partial charge in [-0.3, -0.25) is 0 Å². The number of hydrogen-bond acceptors (Lipinski definition) is 2. The lowest BCUT2D eigenvalue weighted by atomic mass is 10.1. The maximum atomic E-state index is 13.5. The Morgan fingerprint density at radius 2 is 2.25 bits per heavy atom. The summed E-state index contributed by atoms with van der Waals surface area (Å²) >= 11 is 0. The summed E-state index contributed by atoms with van der Waals surface area (Å²) < 4.78 is 13.5. The van der Waals surface area contributed by atoms with Crippen molar-refractivity contribution in [2.45, 2.75) is 19.8 Å². The monoisotopic (exact) mass is 223 g/mol. The fraction of sp³-hybridized carbons (Fsp3) is 0.417. The molecule has 0 amide bonds. The molecule has 1 aromatic rings. The van der Waals surface area contributed by atoms with E-state index in [-0.39, 0.29) is 11.0 Å². The fourth-order valence-electron chi connectivity index (χ4n) is 1.49. The second-order valence-corrected chi connectivity index (χ2v) is 4.66. The van der Waals surface area contributed by atoms with Gasteiger partial charge in [0.15, 0.2) is 0 Å². The number of carboxylic acids is 1. The van der Waals surface area contributed by atoms with Crippen molar-refractivity contribution in [3.8, 4) is 0 Å². The average molecular weight is 223 g/mol. The van der Waals surface area contributed by atoms with Crippen molar-refractivity contribution in [2.75, 3.05) is 11.9 Å². The Hall–Kier alpha value is -1.58. The van der Waals surface area contributed by atoms with E-state index < -0.39 is 11.8 Å². The molecule has 3 nitrogen and oxygen atoms in total. The van der Waals surface area contributed by atoms with Gasteiger partial charge >= 0.3 is 5.97 Å². The zero-order valence-corrected chi connectivity index (χ0v) is 9.09. The Labute approximate surface area is 93.3 Å². The Kier molecular flexibility index (Phi) is 2.58. The minimum absolute atomic E-state index is 0.0271. The van der Waals surface area contributed by atoms with Crippen LogP contribution in [0.2, 0.25) is 0 Å². The molecule has 0 bridgehead atoms. The molecule has 1 aromatic carbocycles. The average Bonchev–Trinajstić information content (AvgIpc) is 2.95. The highest BCUT2D eigenvalue weighted by molar-refractivity contribution is 5.88. The van der Waals surface area contributed by atoms with Gasteiger partial charge in [-0.15, -0.1) is 0 Å². The van der Waals surface area contributed by atoms with Crippen molar-refractivity contribution in [3.05, 3.63) is 29.6 Å². The van der Waals surface area contributed by atoms with Gasteiger partial charge in [0, 0.05) is 6.54 Å². The van der Waals surface area contributed by atoms with Gasteiger partial charge in [0.25, 0.3) is 0 Å². The number of rotatable bonds is 4. The molecule has 1 aliphatic rings. The van der Waals surface area contributed by atoms with Crippen LogP contribution in [0.4, 0.5) is 10.1 Å². The Balaban J connectivity index is 2.07. The van der Waals surface area contributed by atoms with Gasteiger partial charge in [0.05, 0.1) is 11.3 Å². The molecule has 0 atom stereocenters. The van der Waals surface area contributed by atoms with Gasteiger partial charge < -0.3 is 10.4 Å². The molecule has 1 saturated carbocycles.